The van der Waals surface area contributed by atoms with Crippen molar-refractivity contribution in [1.82, 2.24) is 9.80 Å². The Labute approximate surface area is 94.1 Å². The average molecular weight is 216 g/mol. The summed E-state index contributed by atoms with van der Waals surface area (Å²) in [6, 6.07) is 0. The van der Waals surface area contributed by atoms with Gasteiger partial charge in [-0.25, -0.2) is 0 Å². The van der Waals surface area contributed by atoms with E-state index >= 15 is 0 Å². The first-order chi connectivity index (χ1) is 6.86. The summed E-state index contributed by atoms with van der Waals surface area (Å²) in [5, 5.41) is 0. The van der Waals surface area contributed by atoms with Gasteiger partial charge in [0.15, 0.2) is 0 Å². The van der Waals surface area contributed by atoms with Gasteiger partial charge in [-0.2, -0.15) is 12.6 Å². The Morgan fingerprint density at radius 3 is 1.86 bits per heavy atom. The molecule has 3 heteroatoms. The van der Waals surface area contributed by atoms with Crippen LogP contribution in [0.25, 0.3) is 0 Å². The number of thiol groups is 1. The number of nitrogens with zero attached hydrogens (tertiary/aromatic N) is 2. The second kappa shape index (κ2) is 7.55. The molecule has 0 aromatic rings. The van der Waals surface area contributed by atoms with E-state index in [9.17, 15) is 0 Å². The monoisotopic (exact) mass is 216 g/mol. The van der Waals surface area contributed by atoms with E-state index in [1.165, 1.54) is 58.5 Å². The van der Waals surface area contributed by atoms with Crippen LogP contribution in [0.15, 0.2) is 0 Å². The van der Waals surface area contributed by atoms with Crippen LogP contribution >= 0.6 is 12.6 Å². The van der Waals surface area contributed by atoms with Gasteiger partial charge in [0, 0.05) is 26.2 Å². The van der Waals surface area contributed by atoms with Crippen LogP contribution in [-0.4, -0.2) is 54.8 Å². The summed E-state index contributed by atoms with van der Waals surface area (Å²) in [5.41, 5.74) is 0. The Kier molecular flexibility index (Phi) is 6.65. The minimum absolute atomic E-state index is 1.02. The Hall–Kier alpha value is 0.270. The Morgan fingerprint density at radius 2 is 1.43 bits per heavy atom. The molecule has 0 spiro atoms. The van der Waals surface area contributed by atoms with Crippen LogP contribution in [0.4, 0.5) is 0 Å². The lowest BCUT2D eigenvalue weighted by Crippen LogP contribution is -2.46. The molecule has 0 bridgehead atoms. The maximum atomic E-state index is 4.25. The van der Waals surface area contributed by atoms with Crippen molar-refractivity contribution >= 4 is 12.6 Å². The predicted octanol–water partition coefficient (Wildman–Crippen LogP) is 1.72. The lowest BCUT2D eigenvalue weighted by atomic mass is 10.2. The molecule has 1 rings (SSSR count). The SMILES string of the molecule is CCCCN1CCN(CCCS)CC1. The zero-order valence-electron chi connectivity index (χ0n) is 9.41. The van der Waals surface area contributed by atoms with Gasteiger partial charge in [0.05, 0.1) is 0 Å². The van der Waals surface area contributed by atoms with Crippen molar-refractivity contribution in [1.29, 1.82) is 0 Å². The molecule has 1 saturated heterocycles. The highest BCUT2D eigenvalue weighted by Crippen LogP contribution is 2.04. The molecule has 0 radical (unpaired) electrons. The molecule has 2 nitrogen and oxygen atoms in total. The third-order valence-corrected chi connectivity index (χ3v) is 3.24. The second-order valence-electron chi connectivity index (χ2n) is 4.11. The fourth-order valence-electron chi connectivity index (χ4n) is 1.91. The third kappa shape index (κ3) is 4.67. The topological polar surface area (TPSA) is 6.48 Å². The van der Waals surface area contributed by atoms with Gasteiger partial charge >= 0.3 is 0 Å². The molecule has 1 aliphatic rings. The van der Waals surface area contributed by atoms with Crippen molar-refractivity contribution in [3.05, 3.63) is 0 Å². The molecular weight excluding hydrogens is 192 g/mol. The molecule has 84 valence electrons. The van der Waals surface area contributed by atoms with Crippen LogP contribution < -0.4 is 0 Å². The highest BCUT2D eigenvalue weighted by molar-refractivity contribution is 7.80. The molecule has 1 fully saturated rings. The lowest BCUT2D eigenvalue weighted by molar-refractivity contribution is 0.131. The molecule has 1 aliphatic heterocycles. The molecule has 0 aromatic heterocycles. The van der Waals surface area contributed by atoms with Crippen LogP contribution in [0.5, 0.6) is 0 Å². The Balaban J connectivity index is 2.05. The second-order valence-corrected chi connectivity index (χ2v) is 4.56. The van der Waals surface area contributed by atoms with Crippen LogP contribution in [-0.2, 0) is 0 Å². The van der Waals surface area contributed by atoms with Gasteiger partial charge < -0.3 is 9.80 Å². The average Bonchev–Trinajstić information content (AvgIpc) is 2.25. The van der Waals surface area contributed by atoms with Crippen molar-refractivity contribution < 1.29 is 0 Å². The highest BCUT2D eigenvalue weighted by atomic mass is 32.1. The molecule has 0 aromatic carbocycles. The molecule has 0 atom stereocenters. The van der Waals surface area contributed by atoms with Crippen molar-refractivity contribution in [3.63, 3.8) is 0 Å². The van der Waals surface area contributed by atoms with Crippen molar-refractivity contribution in [2.24, 2.45) is 0 Å². The van der Waals surface area contributed by atoms with Crippen molar-refractivity contribution in [2.45, 2.75) is 26.2 Å². The smallest absolute Gasteiger partial charge is 0.0110 e. The number of piperazine rings is 1. The first-order valence-corrected chi connectivity index (χ1v) is 6.55. The zero-order chi connectivity index (χ0) is 10.2. The largest absolute Gasteiger partial charge is 0.301 e. The molecular formula is C11H24N2S. The van der Waals surface area contributed by atoms with E-state index in [4.69, 9.17) is 0 Å². The first-order valence-electron chi connectivity index (χ1n) is 5.92. The first kappa shape index (κ1) is 12.3. The molecule has 0 unspecified atom stereocenters. The van der Waals surface area contributed by atoms with Gasteiger partial charge in [-0.1, -0.05) is 13.3 Å². The van der Waals surface area contributed by atoms with Gasteiger partial charge in [0.1, 0.15) is 0 Å². The molecule has 0 aliphatic carbocycles. The zero-order valence-corrected chi connectivity index (χ0v) is 10.3. The van der Waals surface area contributed by atoms with Gasteiger partial charge in [-0.05, 0) is 31.7 Å². The summed E-state index contributed by atoms with van der Waals surface area (Å²) < 4.78 is 0. The number of unbranched alkanes of at least 4 members (excludes halogenated alkanes) is 1. The van der Waals surface area contributed by atoms with Gasteiger partial charge in [-0.3, -0.25) is 0 Å². The summed E-state index contributed by atoms with van der Waals surface area (Å²) in [4.78, 5) is 5.17. The minimum atomic E-state index is 1.02. The number of hydrogen-bond acceptors (Lipinski definition) is 3. The third-order valence-electron chi connectivity index (χ3n) is 2.93. The Morgan fingerprint density at radius 1 is 0.929 bits per heavy atom. The van der Waals surface area contributed by atoms with E-state index in [1.54, 1.807) is 0 Å². The molecule has 0 N–H and O–H groups in total. The maximum Gasteiger partial charge on any atom is 0.0110 e. The number of hydrogen-bond donors (Lipinski definition) is 1. The quantitative estimate of drug-likeness (QED) is 0.676. The summed E-state index contributed by atoms with van der Waals surface area (Å²) in [5.74, 6) is 1.02. The lowest BCUT2D eigenvalue weighted by Gasteiger charge is -2.34. The van der Waals surface area contributed by atoms with E-state index < -0.39 is 0 Å². The summed E-state index contributed by atoms with van der Waals surface area (Å²) >= 11 is 4.25. The maximum absolute atomic E-state index is 4.25. The highest BCUT2D eigenvalue weighted by Gasteiger charge is 2.14. The van der Waals surface area contributed by atoms with Crippen molar-refractivity contribution in [3.8, 4) is 0 Å². The van der Waals surface area contributed by atoms with Crippen molar-refractivity contribution in [2.75, 3.05) is 45.0 Å². The van der Waals surface area contributed by atoms with E-state index in [2.05, 4.69) is 29.4 Å². The van der Waals surface area contributed by atoms with Gasteiger partial charge in [0.25, 0.3) is 0 Å². The molecule has 1 heterocycles. The van der Waals surface area contributed by atoms with E-state index in [0.29, 0.717) is 0 Å². The molecule has 0 saturated carbocycles. The minimum Gasteiger partial charge on any atom is -0.301 e. The van der Waals surface area contributed by atoms with Gasteiger partial charge in [0.2, 0.25) is 0 Å². The van der Waals surface area contributed by atoms with E-state index in [0.717, 1.165) is 5.75 Å². The van der Waals surface area contributed by atoms with Crippen LogP contribution in [0.3, 0.4) is 0 Å². The predicted molar refractivity (Wildman–Crippen MR) is 66.3 cm³/mol. The van der Waals surface area contributed by atoms with Gasteiger partial charge in [-0.15, -0.1) is 0 Å². The summed E-state index contributed by atoms with van der Waals surface area (Å²) in [6.07, 6.45) is 3.91. The fraction of sp³-hybridized carbons (Fsp3) is 1.00. The Bertz CT molecular complexity index is 117. The summed E-state index contributed by atoms with van der Waals surface area (Å²) in [6.45, 7) is 9.87. The van der Waals surface area contributed by atoms with Crippen LogP contribution in [0.2, 0.25) is 0 Å². The normalized spacial score (nSPS) is 20.1. The number of rotatable bonds is 6. The molecule has 14 heavy (non-hydrogen) atoms. The van der Waals surface area contributed by atoms with Crippen LogP contribution in [0, 0.1) is 0 Å². The molecule has 0 amide bonds. The van der Waals surface area contributed by atoms with E-state index in [1.807, 2.05) is 0 Å². The standard InChI is InChI=1S/C11H24N2S/c1-2-3-5-12-7-9-13(10-8-12)6-4-11-14/h14H,2-11H2,1H3. The van der Waals surface area contributed by atoms with E-state index in [-0.39, 0.29) is 0 Å². The summed E-state index contributed by atoms with van der Waals surface area (Å²) in [7, 11) is 0. The van der Waals surface area contributed by atoms with Crippen LogP contribution in [0.1, 0.15) is 26.2 Å². The fourth-order valence-corrected chi connectivity index (χ4v) is 2.05.